The summed E-state index contributed by atoms with van der Waals surface area (Å²) in [6.07, 6.45) is 1.95. The summed E-state index contributed by atoms with van der Waals surface area (Å²) in [7, 11) is 4.07. The van der Waals surface area contributed by atoms with E-state index in [4.69, 9.17) is 0 Å². The molecule has 0 bridgehead atoms. The Morgan fingerprint density at radius 1 is 1.00 bits per heavy atom. The maximum atomic E-state index is 12.5. The van der Waals surface area contributed by atoms with E-state index in [0.717, 1.165) is 34.0 Å². The standard InChI is InChI=1S/C25H26N4OS/c1-16-6-8-20(9-7-16)26-25-27-24(30)23(31-25)15-19-14-17(2)29(18(19)3)22-12-10-21(11-13-22)28(4)5/h6-15H,1-5H3,(H,26,27,30)/b23-15+. The van der Waals surface area contributed by atoms with Crippen molar-refractivity contribution in [3.63, 3.8) is 0 Å². The van der Waals surface area contributed by atoms with Crippen LogP contribution in [0.15, 0.2) is 64.5 Å². The van der Waals surface area contributed by atoms with Crippen molar-refractivity contribution in [2.75, 3.05) is 19.0 Å². The van der Waals surface area contributed by atoms with Crippen LogP contribution in [0.4, 0.5) is 11.4 Å². The highest BCUT2D eigenvalue weighted by atomic mass is 32.2. The summed E-state index contributed by atoms with van der Waals surface area (Å²) < 4.78 is 2.21. The molecule has 0 saturated carbocycles. The summed E-state index contributed by atoms with van der Waals surface area (Å²) in [5.74, 6) is -0.115. The molecular weight excluding hydrogens is 404 g/mol. The van der Waals surface area contributed by atoms with Crippen molar-refractivity contribution in [1.82, 2.24) is 9.88 Å². The van der Waals surface area contributed by atoms with Crippen LogP contribution in [-0.4, -0.2) is 29.7 Å². The second-order valence-corrected chi connectivity index (χ2v) is 8.92. The van der Waals surface area contributed by atoms with E-state index >= 15 is 0 Å². The van der Waals surface area contributed by atoms with E-state index in [9.17, 15) is 4.79 Å². The molecule has 1 N–H and O–H groups in total. The minimum atomic E-state index is -0.115. The average molecular weight is 431 g/mol. The van der Waals surface area contributed by atoms with Gasteiger partial charge >= 0.3 is 0 Å². The largest absolute Gasteiger partial charge is 0.378 e. The molecular formula is C25H26N4OS. The number of carbonyl (C=O) groups excluding carboxylic acids is 1. The van der Waals surface area contributed by atoms with Gasteiger partial charge in [0.05, 0.1) is 10.6 Å². The third kappa shape index (κ3) is 4.44. The van der Waals surface area contributed by atoms with Crippen LogP contribution in [0.25, 0.3) is 11.8 Å². The molecule has 1 saturated heterocycles. The van der Waals surface area contributed by atoms with E-state index < -0.39 is 0 Å². The zero-order chi connectivity index (χ0) is 22.1. The van der Waals surface area contributed by atoms with Gasteiger partial charge in [-0.1, -0.05) is 17.7 Å². The summed E-state index contributed by atoms with van der Waals surface area (Å²) in [6.45, 7) is 6.20. The van der Waals surface area contributed by atoms with Gasteiger partial charge in [0, 0.05) is 36.9 Å². The molecule has 1 amide bonds. The molecule has 0 atom stereocenters. The van der Waals surface area contributed by atoms with E-state index in [-0.39, 0.29) is 5.91 Å². The van der Waals surface area contributed by atoms with E-state index in [0.29, 0.717) is 10.1 Å². The maximum absolute atomic E-state index is 12.5. The van der Waals surface area contributed by atoms with Crippen molar-refractivity contribution in [2.45, 2.75) is 20.8 Å². The molecule has 0 spiro atoms. The van der Waals surface area contributed by atoms with Crippen molar-refractivity contribution in [3.8, 4) is 5.69 Å². The number of thioether (sulfide) groups is 1. The number of anilines is 1. The van der Waals surface area contributed by atoms with E-state index in [1.54, 1.807) is 0 Å². The fourth-order valence-electron chi connectivity index (χ4n) is 3.59. The Morgan fingerprint density at radius 2 is 1.68 bits per heavy atom. The van der Waals surface area contributed by atoms with Gasteiger partial charge in [-0.3, -0.25) is 4.79 Å². The average Bonchev–Trinajstić information content (AvgIpc) is 3.22. The van der Waals surface area contributed by atoms with Gasteiger partial charge in [-0.05, 0) is 86.6 Å². The summed E-state index contributed by atoms with van der Waals surface area (Å²) in [6, 6.07) is 18.5. The number of amidine groups is 1. The molecule has 1 aromatic heterocycles. The normalized spacial score (nSPS) is 16.2. The van der Waals surface area contributed by atoms with E-state index in [1.807, 2.05) is 51.4 Å². The third-order valence-corrected chi connectivity index (χ3v) is 6.21. The number of nitrogens with one attached hydrogen (secondary N) is 1. The predicted octanol–water partition coefficient (Wildman–Crippen LogP) is 5.36. The number of rotatable bonds is 4. The van der Waals surface area contributed by atoms with Crippen LogP contribution in [0.3, 0.4) is 0 Å². The van der Waals surface area contributed by atoms with Crippen LogP contribution >= 0.6 is 11.8 Å². The first-order valence-corrected chi connectivity index (χ1v) is 11.0. The SMILES string of the molecule is Cc1ccc(N=C2NC(=O)/C(=C\c3cc(C)n(-c4ccc(N(C)C)cc4)c3C)S2)cc1. The Kier molecular flexibility index (Phi) is 5.74. The van der Waals surface area contributed by atoms with Crippen molar-refractivity contribution in [2.24, 2.45) is 4.99 Å². The first-order valence-electron chi connectivity index (χ1n) is 10.1. The fourth-order valence-corrected chi connectivity index (χ4v) is 4.42. The molecule has 2 heterocycles. The smallest absolute Gasteiger partial charge is 0.264 e. The van der Waals surface area contributed by atoms with Gasteiger partial charge < -0.3 is 14.8 Å². The van der Waals surface area contributed by atoms with Gasteiger partial charge in [0.1, 0.15) is 0 Å². The number of hydrogen-bond acceptors (Lipinski definition) is 4. The molecule has 1 aliphatic heterocycles. The fraction of sp³-hybridized carbons (Fsp3) is 0.200. The molecule has 0 radical (unpaired) electrons. The number of aryl methyl sites for hydroxylation is 2. The number of hydrogen-bond donors (Lipinski definition) is 1. The monoisotopic (exact) mass is 430 g/mol. The molecule has 2 aromatic carbocycles. The molecule has 0 aliphatic carbocycles. The van der Waals surface area contributed by atoms with Crippen LogP contribution in [0.2, 0.25) is 0 Å². The lowest BCUT2D eigenvalue weighted by Crippen LogP contribution is -2.19. The third-order valence-electron chi connectivity index (χ3n) is 5.30. The first kappa shape index (κ1) is 21.0. The van der Waals surface area contributed by atoms with E-state index in [1.165, 1.54) is 17.3 Å². The zero-order valence-electron chi connectivity index (χ0n) is 18.4. The first-order chi connectivity index (χ1) is 14.8. The van der Waals surface area contributed by atoms with Gasteiger partial charge in [-0.15, -0.1) is 0 Å². The van der Waals surface area contributed by atoms with Gasteiger partial charge in [0.25, 0.3) is 5.91 Å². The zero-order valence-corrected chi connectivity index (χ0v) is 19.2. The van der Waals surface area contributed by atoms with Gasteiger partial charge in [0.15, 0.2) is 5.17 Å². The lowest BCUT2D eigenvalue weighted by molar-refractivity contribution is -0.115. The number of aromatic nitrogens is 1. The Balaban J connectivity index is 1.61. The molecule has 158 valence electrons. The van der Waals surface area contributed by atoms with Crippen molar-refractivity contribution >= 4 is 40.3 Å². The molecule has 1 fully saturated rings. The van der Waals surface area contributed by atoms with Crippen LogP contribution in [0.5, 0.6) is 0 Å². The van der Waals surface area contributed by atoms with Crippen molar-refractivity contribution in [3.05, 3.63) is 82.0 Å². The quantitative estimate of drug-likeness (QED) is 0.567. The van der Waals surface area contributed by atoms with Crippen LogP contribution < -0.4 is 10.2 Å². The van der Waals surface area contributed by atoms with Gasteiger partial charge in [-0.2, -0.15) is 0 Å². The molecule has 5 nitrogen and oxygen atoms in total. The lowest BCUT2D eigenvalue weighted by Gasteiger charge is -2.14. The summed E-state index contributed by atoms with van der Waals surface area (Å²) in [5.41, 5.74) is 7.53. The minimum absolute atomic E-state index is 0.115. The highest BCUT2D eigenvalue weighted by molar-refractivity contribution is 8.18. The van der Waals surface area contributed by atoms with Crippen LogP contribution in [-0.2, 0) is 4.79 Å². The number of nitrogens with zero attached hydrogens (tertiary/aromatic N) is 3. The number of aliphatic imine (C=N–C) groups is 1. The Hall–Kier alpha value is -3.25. The molecule has 1 aliphatic rings. The number of carbonyl (C=O) groups is 1. The van der Waals surface area contributed by atoms with Crippen LogP contribution in [0, 0.1) is 20.8 Å². The highest BCUT2D eigenvalue weighted by Gasteiger charge is 2.24. The number of benzene rings is 2. The second kappa shape index (κ2) is 8.47. The summed E-state index contributed by atoms with van der Waals surface area (Å²) >= 11 is 1.37. The van der Waals surface area contributed by atoms with Crippen LogP contribution in [0.1, 0.15) is 22.5 Å². The molecule has 0 unspecified atom stereocenters. The molecule has 31 heavy (non-hydrogen) atoms. The lowest BCUT2D eigenvalue weighted by atomic mass is 10.2. The van der Waals surface area contributed by atoms with Gasteiger partial charge in [-0.25, -0.2) is 4.99 Å². The molecule has 3 aromatic rings. The highest BCUT2D eigenvalue weighted by Crippen LogP contribution is 2.31. The summed E-state index contributed by atoms with van der Waals surface area (Å²) in [5, 5.41) is 3.48. The molecule has 6 heteroatoms. The topological polar surface area (TPSA) is 49.6 Å². The Morgan fingerprint density at radius 3 is 2.32 bits per heavy atom. The summed E-state index contributed by atoms with van der Waals surface area (Å²) in [4.78, 5) is 19.8. The van der Waals surface area contributed by atoms with Crippen molar-refractivity contribution in [1.29, 1.82) is 0 Å². The number of amides is 1. The Labute approximate surface area is 187 Å². The predicted molar refractivity (Wildman–Crippen MR) is 132 cm³/mol. The molecule has 4 rings (SSSR count). The Bertz CT molecular complexity index is 1190. The maximum Gasteiger partial charge on any atom is 0.264 e. The second-order valence-electron chi connectivity index (χ2n) is 7.89. The van der Waals surface area contributed by atoms with Gasteiger partial charge in [0.2, 0.25) is 0 Å². The van der Waals surface area contributed by atoms with Crippen molar-refractivity contribution < 1.29 is 4.79 Å². The minimum Gasteiger partial charge on any atom is -0.378 e. The van der Waals surface area contributed by atoms with E-state index in [2.05, 4.69) is 64.0 Å².